The second-order valence-corrected chi connectivity index (χ2v) is 13.2. The number of amides is 1. The highest BCUT2D eigenvalue weighted by molar-refractivity contribution is 5.67. The third-order valence-corrected chi connectivity index (χ3v) is 10.9. The molecule has 0 spiro atoms. The zero-order valence-electron chi connectivity index (χ0n) is 22.6. The molecule has 0 saturated heterocycles. The highest BCUT2D eigenvalue weighted by Crippen LogP contribution is 2.67. The summed E-state index contributed by atoms with van der Waals surface area (Å²) in [6.45, 7) is 12.7. The van der Waals surface area contributed by atoms with E-state index in [0.717, 1.165) is 54.8 Å². The van der Waals surface area contributed by atoms with Gasteiger partial charge in [0.15, 0.2) is 0 Å². The van der Waals surface area contributed by atoms with Gasteiger partial charge in [0.2, 0.25) is 0 Å². The van der Waals surface area contributed by atoms with Crippen LogP contribution in [0, 0.1) is 46.3 Å². The monoisotopic (exact) mass is 473 g/mol. The number of carbonyl (C=O) groups is 1. The highest BCUT2D eigenvalue weighted by atomic mass is 16.6. The van der Waals surface area contributed by atoms with Gasteiger partial charge in [0, 0.05) is 13.0 Å². The Bertz CT molecular complexity index is 747. The van der Waals surface area contributed by atoms with E-state index in [2.05, 4.69) is 46.0 Å². The number of aliphatic hydroxyl groups excluding tert-OH is 1. The number of ether oxygens (including phenoxy) is 1. The first-order valence-corrected chi connectivity index (χ1v) is 14.4. The van der Waals surface area contributed by atoms with Gasteiger partial charge in [0.25, 0.3) is 0 Å². The van der Waals surface area contributed by atoms with Gasteiger partial charge < -0.3 is 15.2 Å². The molecular formula is C30H51NO3. The van der Waals surface area contributed by atoms with Crippen LogP contribution in [0.1, 0.15) is 105 Å². The smallest absolute Gasteiger partial charge is 0.407 e. The molecule has 4 aliphatic carbocycles. The van der Waals surface area contributed by atoms with Gasteiger partial charge in [0.05, 0.1) is 6.61 Å². The topological polar surface area (TPSA) is 58.6 Å². The van der Waals surface area contributed by atoms with Gasteiger partial charge in [-0.1, -0.05) is 65.5 Å². The number of nitrogens with one attached hydrogen (secondary N) is 1. The molecule has 3 unspecified atom stereocenters. The quantitative estimate of drug-likeness (QED) is 0.369. The summed E-state index contributed by atoms with van der Waals surface area (Å²) in [7, 11) is 0. The number of carbonyl (C=O) groups excluding carboxylic acids is 1. The van der Waals surface area contributed by atoms with Crippen molar-refractivity contribution in [1.29, 1.82) is 0 Å². The van der Waals surface area contributed by atoms with Crippen molar-refractivity contribution >= 4 is 6.09 Å². The number of hydrogen-bond acceptors (Lipinski definition) is 3. The Morgan fingerprint density at radius 2 is 1.91 bits per heavy atom. The molecule has 194 valence electrons. The van der Waals surface area contributed by atoms with Crippen molar-refractivity contribution in [2.45, 2.75) is 111 Å². The summed E-state index contributed by atoms with van der Waals surface area (Å²) in [5.74, 6) is 5.12. The lowest BCUT2D eigenvalue weighted by atomic mass is 9.47. The van der Waals surface area contributed by atoms with Crippen LogP contribution in [0.3, 0.4) is 0 Å². The van der Waals surface area contributed by atoms with E-state index in [1.54, 1.807) is 5.57 Å². The fourth-order valence-corrected chi connectivity index (χ4v) is 9.10. The van der Waals surface area contributed by atoms with Crippen molar-refractivity contribution in [2.75, 3.05) is 13.2 Å². The Kier molecular flexibility index (Phi) is 8.06. The van der Waals surface area contributed by atoms with Crippen molar-refractivity contribution in [1.82, 2.24) is 5.32 Å². The third kappa shape index (κ3) is 4.95. The van der Waals surface area contributed by atoms with Crippen molar-refractivity contribution in [3.05, 3.63) is 11.6 Å². The van der Waals surface area contributed by atoms with Gasteiger partial charge >= 0.3 is 6.09 Å². The molecule has 3 fully saturated rings. The van der Waals surface area contributed by atoms with Crippen molar-refractivity contribution < 1.29 is 14.6 Å². The van der Waals surface area contributed by atoms with Gasteiger partial charge in [0.1, 0.15) is 6.10 Å². The molecule has 0 bridgehead atoms. The van der Waals surface area contributed by atoms with Crippen LogP contribution in [0.5, 0.6) is 0 Å². The van der Waals surface area contributed by atoms with Crippen molar-refractivity contribution in [3.8, 4) is 0 Å². The molecule has 4 nitrogen and oxygen atoms in total. The first-order chi connectivity index (χ1) is 16.2. The molecule has 4 aliphatic rings. The van der Waals surface area contributed by atoms with Gasteiger partial charge in [-0.05, 0) is 91.3 Å². The predicted molar refractivity (Wildman–Crippen MR) is 138 cm³/mol. The Labute approximate surface area is 208 Å². The molecule has 0 aromatic heterocycles. The summed E-state index contributed by atoms with van der Waals surface area (Å²) in [5.41, 5.74) is 2.37. The summed E-state index contributed by atoms with van der Waals surface area (Å²) in [6.07, 6.45) is 16.2. The summed E-state index contributed by atoms with van der Waals surface area (Å²) < 4.78 is 5.69. The van der Waals surface area contributed by atoms with Crippen LogP contribution in [0.2, 0.25) is 0 Å². The summed E-state index contributed by atoms with van der Waals surface area (Å²) in [4.78, 5) is 12.0. The molecule has 2 N–H and O–H groups in total. The van der Waals surface area contributed by atoms with E-state index in [-0.39, 0.29) is 30.8 Å². The standard InChI is InChI=1S/C30H51NO3/c1-20(2)7-6-8-21(3)25-11-12-26-24-10-9-22-19-23(34-28(33)31-17-18-32)13-15-29(22,4)27(24)14-16-30(25,26)5/h9,20-21,23-27,32H,6-8,10-19H2,1-5H3,(H,31,33)/t21-,23+,24+,25?,26?,27?,29+,30-/m0/s1. The van der Waals surface area contributed by atoms with Crippen LogP contribution in [-0.2, 0) is 4.74 Å². The van der Waals surface area contributed by atoms with Crippen LogP contribution < -0.4 is 5.32 Å². The van der Waals surface area contributed by atoms with E-state index >= 15 is 0 Å². The zero-order valence-corrected chi connectivity index (χ0v) is 22.6. The molecule has 34 heavy (non-hydrogen) atoms. The van der Waals surface area contributed by atoms with Crippen LogP contribution in [0.15, 0.2) is 11.6 Å². The lowest BCUT2D eigenvalue weighted by Gasteiger charge is -2.58. The first-order valence-electron chi connectivity index (χ1n) is 14.4. The van der Waals surface area contributed by atoms with E-state index in [4.69, 9.17) is 9.84 Å². The summed E-state index contributed by atoms with van der Waals surface area (Å²) in [5, 5.41) is 11.6. The van der Waals surface area contributed by atoms with E-state index < -0.39 is 0 Å². The number of aliphatic hydroxyl groups is 1. The molecular weight excluding hydrogens is 422 g/mol. The van der Waals surface area contributed by atoms with E-state index in [9.17, 15) is 4.79 Å². The average Bonchev–Trinajstić information content (AvgIpc) is 3.15. The molecule has 4 rings (SSSR count). The minimum atomic E-state index is -0.384. The Morgan fingerprint density at radius 1 is 1.12 bits per heavy atom. The summed E-state index contributed by atoms with van der Waals surface area (Å²) in [6, 6.07) is 0. The SMILES string of the molecule is CC(C)CCC[C@H](C)C1CCC2[C@H]3CC=C4C[C@H](OC(=O)NCCO)CC[C@@]4(C)C3CC[C@]21C. The summed E-state index contributed by atoms with van der Waals surface area (Å²) >= 11 is 0. The Balaban J connectivity index is 1.41. The average molecular weight is 474 g/mol. The lowest BCUT2D eigenvalue weighted by molar-refractivity contribution is -0.0581. The molecule has 0 aliphatic heterocycles. The Hall–Kier alpha value is -1.03. The molecule has 0 aromatic rings. The van der Waals surface area contributed by atoms with Gasteiger partial charge in [-0.25, -0.2) is 4.79 Å². The largest absolute Gasteiger partial charge is 0.446 e. The maximum Gasteiger partial charge on any atom is 0.407 e. The number of alkyl carbamates (subject to hydrolysis) is 1. The molecule has 0 heterocycles. The molecule has 0 aromatic carbocycles. The third-order valence-electron chi connectivity index (χ3n) is 10.9. The van der Waals surface area contributed by atoms with Crippen LogP contribution in [0.4, 0.5) is 4.79 Å². The van der Waals surface area contributed by atoms with E-state index in [0.29, 0.717) is 5.41 Å². The second-order valence-electron chi connectivity index (χ2n) is 13.2. The van der Waals surface area contributed by atoms with Crippen LogP contribution in [0.25, 0.3) is 0 Å². The fourth-order valence-electron chi connectivity index (χ4n) is 9.10. The number of allylic oxidation sites excluding steroid dienone is 1. The van der Waals surface area contributed by atoms with Crippen LogP contribution in [-0.4, -0.2) is 30.5 Å². The zero-order chi connectivity index (χ0) is 24.5. The van der Waals surface area contributed by atoms with Gasteiger partial charge in [-0.3, -0.25) is 0 Å². The minimum Gasteiger partial charge on any atom is -0.446 e. The molecule has 8 atom stereocenters. The maximum atomic E-state index is 12.0. The normalized spacial score (nSPS) is 40.1. The fraction of sp³-hybridized carbons (Fsp3) is 0.900. The van der Waals surface area contributed by atoms with E-state index in [1.807, 2.05) is 0 Å². The number of hydrogen-bond donors (Lipinski definition) is 2. The van der Waals surface area contributed by atoms with Crippen LogP contribution >= 0.6 is 0 Å². The second kappa shape index (κ2) is 10.5. The molecule has 0 radical (unpaired) electrons. The maximum absolute atomic E-state index is 12.0. The van der Waals surface area contributed by atoms with Crippen molar-refractivity contribution in [2.24, 2.45) is 46.3 Å². The minimum absolute atomic E-state index is 0.0222. The molecule has 4 heteroatoms. The molecule has 3 saturated carbocycles. The lowest BCUT2D eigenvalue weighted by Crippen LogP contribution is -2.51. The van der Waals surface area contributed by atoms with E-state index in [1.165, 1.54) is 51.4 Å². The van der Waals surface area contributed by atoms with Gasteiger partial charge in [-0.15, -0.1) is 0 Å². The Morgan fingerprint density at radius 3 is 2.65 bits per heavy atom. The number of rotatable bonds is 8. The molecule has 1 amide bonds. The number of fused-ring (bicyclic) bond motifs is 5. The van der Waals surface area contributed by atoms with Crippen molar-refractivity contribution in [3.63, 3.8) is 0 Å². The first kappa shape index (κ1) is 26.0. The van der Waals surface area contributed by atoms with Gasteiger partial charge in [-0.2, -0.15) is 0 Å². The predicted octanol–water partition coefficient (Wildman–Crippen LogP) is 7.11. The highest BCUT2D eigenvalue weighted by Gasteiger charge is 2.59.